The average molecular weight is 233 g/mol. The largest absolute Gasteiger partial charge is 0.311 e. The second kappa shape index (κ2) is 5.21. The molecule has 16 heavy (non-hydrogen) atoms. The number of benzene rings is 1. The summed E-state index contributed by atoms with van der Waals surface area (Å²) in [5, 5.41) is 0. The van der Waals surface area contributed by atoms with Crippen molar-refractivity contribution in [3.63, 3.8) is 0 Å². The van der Waals surface area contributed by atoms with E-state index in [9.17, 15) is 4.79 Å². The van der Waals surface area contributed by atoms with Gasteiger partial charge in [0.2, 0.25) is 5.91 Å². The zero-order chi connectivity index (χ0) is 11.4. The Bertz CT molecular complexity index is 403. The summed E-state index contributed by atoms with van der Waals surface area (Å²) >= 11 is 1.61. The number of hydrogen-bond donors (Lipinski definition) is 0. The summed E-state index contributed by atoms with van der Waals surface area (Å²) in [5.74, 6) is 1.58. The van der Waals surface area contributed by atoms with E-state index in [0.29, 0.717) is 5.75 Å². The van der Waals surface area contributed by atoms with Crippen LogP contribution in [0.25, 0.3) is 0 Å². The topological polar surface area (TPSA) is 20.3 Å². The minimum absolute atomic E-state index is 0.205. The third kappa shape index (κ3) is 2.30. The molecule has 0 unspecified atom stereocenters. The lowest BCUT2D eigenvalue weighted by molar-refractivity contribution is -0.116. The van der Waals surface area contributed by atoms with Crippen LogP contribution < -0.4 is 4.90 Å². The highest BCUT2D eigenvalue weighted by Crippen LogP contribution is 2.27. The lowest BCUT2D eigenvalue weighted by atomic mass is 10.2. The normalized spacial score (nSPS) is 13.6. The van der Waals surface area contributed by atoms with Gasteiger partial charge >= 0.3 is 0 Å². The van der Waals surface area contributed by atoms with Crippen molar-refractivity contribution >= 4 is 23.4 Å². The van der Waals surface area contributed by atoms with Gasteiger partial charge in [-0.2, -0.15) is 0 Å². The fraction of sp³-hybridized carbons (Fsp3) is 0.308. The van der Waals surface area contributed by atoms with Crippen LogP contribution in [0.3, 0.4) is 0 Å². The van der Waals surface area contributed by atoms with Crippen LogP contribution in [-0.4, -0.2) is 24.0 Å². The number of thioether (sulfide) groups is 1. The van der Waals surface area contributed by atoms with Gasteiger partial charge in [0.05, 0.1) is 5.75 Å². The first kappa shape index (κ1) is 11.3. The van der Waals surface area contributed by atoms with Gasteiger partial charge in [0.25, 0.3) is 0 Å². The number of rotatable bonds is 4. The number of hydrogen-bond acceptors (Lipinski definition) is 2. The van der Waals surface area contributed by atoms with Crippen LogP contribution in [0.4, 0.5) is 5.69 Å². The quantitative estimate of drug-likeness (QED) is 0.588. The molecule has 2 nitrogen and oxygen atoms in total. The van der Waals surface area contributed by atoms with Gasteiger partial charge in [-0.05, 0) is 18.1 Å². The van der Waals surface area contributed by atoms with Crippen molar-refractivity contribution in [1.82, 2.24) is 0 Å². The fourth-order valence-corrected chi connectivity index (χ4v) is 2.52. The smallest absolute Gasteiger partial charge is 0.237 e. The Morgan fingerprint density at radius 1 is 1.50 bits per heavy atom. The lowest BCUT2D eigenvalue weighted by Gasteiger charge is -2.16. The van der Waals surface area contributed by atoms with E-state index < -0.39 is 0 Å². The minimum Gasteiger partial charge on any atom is -0.311 e. The SMILES string of the molecule is C=CCSCC(=O)N1CCc2ccccc21. The van der Waals surface area contributed by atoms with E-state index in [1.54, 1.807) is 11.8 Å². The first-order valence-electron chi connectivity index (χ1n) is 5.40. The van der Waals surface area contributed by atoms with E-state index in [2.05, 4.69) is 12.6 Å². The summed E-state index contributed by atoms with van der Waals surface area (Å²) in [6, 6.07) is 8.14. The molecule has 0 saturated heterocycles. The predicted molar refractivity (Wildman–Crippen MR) is 70.0 cm³/mol. The maximum absolute atomic E-state index is 12.0. The molecule has 1 heterocycles. The van der Waals surface area contributed by atoms with Crippen LogP contribution in [0.2, 0.25) is 0 Å². The molecular weight excluding hydrogens is 218 g/mol. The van der Waals surface area contributed by atoms with Crippen LogP contribution in [0.15, 0.2) is 36.9 Å². The lowest BCUT2D eigenvalue weighted by Crippen LogP contribution is -2.30. The minimum atomic E-state index is 0.205. The molecule has 0 spiro atoms. The standard InChI is InChI=1S/C13H15NOS/c1-2-9-16-10-13(15)14-8-7-11-5-3-4-6-12(11)14/h2-6H,1,7-10H2. The van der Waals surface area contributed by atoms with Gasteiger partial charge < -0.3 is 4.90 Å². The van der Waals surface area contributed by atoms with Crippen LogP contribution in [-0.2, 0) is 11.2 Å². The van der Waals surface area contributed by atoms with Crippen molar-refractivity contribution in [3.8, 4) is 0 Å². The van der Waals surface area contributed by atoms with Gasteiger partial charge in [-0.3, -0.25) is 4.79 Å². The van der Waals surface area contributed by atoms with Crippen molar-refractivity contribution in [2.75, 3.05) is 23.0 Å². The number of carbonyl (C=O) groups is 1. The highest BCUT2D eigenvalue weighted by atomic mass is 32.2. The fourth-order valence-electron chi connectivity index (χ4n) is 1.90. The maximum Gasteiger partial charge on any atom is 0.237 e. The molecule has 0 fully saturated rings. The summed E-state index contributed by atoms with van der Waals surface area (Å²) in [6.07, 6.45) is 2.81. The van der Waals surface area contributed by atoms with E-state index in [1.165, 1.54) is 5.56 Å². The van der Waals surface area contributed by atoms with Crippen LogP contribution in [0, 0.1) is 0 Å². The molecule has 1 aromatic rings. The number of para-hydroxylation sites is 1. The monoisotopic (exact) mass is 233 g/mol. The second-order valence-corrected chi connectivity index (χ2v) is 4.76. The van der Waals surface area contributed by atoms with Crippen molar-refractivity contribution in [2.45, 2.75) is 6.42 Å². The van der Waals surface area contributed by atoms with E-state index in [4.69, 9.17) is 0 Å². The summed E-state index contributed by atoms with van der Waals surface area (Å²) in [6.45, 7) is 4.47. The molecule has 3 heteroatoms. The van der Waals surface area contributed by atoms with Crippen molar-refractivity contribution in [1.29, 1.82) is 0 Å². The van der Waals surface area contributed by atoms with Gasteiger partial charge in [0, 0.05) is 18.0 Å². The Hall–Kier alpha value is -1.22. The highest BCUT2D eigenvalue weighted by molar-refractivity contribution is 8.00. The average Bonchev–Trinajstić information content (AvgIpc) is 2.73. The summed E-state index contributed by atoms with van der Waals surface area (Å²) in [5.41, 5.74) is 2.37. The van der Waals surface area contributed by atoms with Gasteiger partial charge in [-0.1, -0.05) is 24.3 Å². The predicted octanol–water partition coefficient (Wildman–Crippen LogP) is 2.49. The number of amides is 1. The number of carbonyl (C=O) groups excluding carboxylic acids is 1. The van der Waals surface area contributed by atoms with E-state index in [0.717, 1.165) is 24.4 Å². The Morgan fingerprint density at radius 2 is 2.31 bits per heavy atom. The van der Waals surface area contributed by atoms with Crippen molar-refractivity contribution in [3.05, 3.63) is 42.5 Å². The van der Waals surface area contributed by atoms with Crippen LogP contribution >= 0.6 is 11.8 Å². The molecule has 1 aliphatic heterocycles. The van der Waals surface area contributed by atoms with E-state index in [1.807, 2.05) is 29.2 Å². The third-order valence-corrected chi connectivity index (χ3v) is 3.57. The van der Waals surface area contributed by atoms with Crippen molar-refractivity contribution < 1.29 is 4.79 Å². The highest BCUT2D eigenvalue weighted by Gasteiger charge is 2.23. The van der Waals surface area contributed by atoms with Crippen LogP contribution in [0.5, 0.6) is 0 Å². The Morgan fingerprint density at radius 3 is 3.12 bits per heavy atom. The van der Waals surface area contributed by atoms with Gasteiger partial charge in [-0.25, -0.2) is 0 Å². The Labute approximate surface area is 100 Å². The van der Waals surface area contributed by atoms with Gasteiger partial charge in [-0.15, -0.1) is 18.3 Å². The molecule has 0 aromatic heterocycles. The number of fused-ring (bicyclic) bond motifs is 1. The van der Waals surface area contributed by atoms with E-state index in [-0.39, 0.29) is 5.91 Å². The first-order valence-corrected chi connectivity index (χ1v) is 6.55. The molecule has 0 atom stereocenters. The third-order valence-electron chi connectivity index (χ3n) is 2.65. The molecular formula is C13H15NOS. The molecule has 2 rings (SSSR count). The molecule has 1 amide bonds. The summed E-state index contributed by atoms with van der Waals surface area (Å²) in [4.78, 5) is 13.8. The molecule has 0 radical (unpaired) electrons. The molecule has 1 aromatic carbocycles. The van der Waals surface area contributed by atoms with E-state index >= 15 is 0 Å². The number of anilines is 1. The first-order chi connectivity index (χ1) is 7.83. The Balaban J connectivity index is 2.01. The zero-order valence-electron chi connectivity index (χ0n) is 9.19. The van der Waals surface area contributed by atoms with Gasteiger partial charge in [0.15, 0.2) is 0 Å². The molecule has 84 valence electrons. The Kier molecular flexibility index (Phi) is 3.67. The summed E-state index contributed by atoms with van der Waals surface area (Å²) < 4.78 is 0. The number of nitrogens with zero attached hydrogens (tertiary/aromatic N) is 1. The molecule has 0 saturated carbocycles. The molecule has 0 bridgehead atoms. The maximum atomic E-state index is 12.0. The zero-order valence-corrected chi connectivity index (χ0v) is 10.0. The molecule has 0 N–H and O–H groups in total. The second-order valence-electron chi connectivity index (χ2n) is 3.73. The van der Waals surface area contributed by atoms with Crippen LogP contribution in [0.1, 0.15) is 5.56 Å². The molecule has 1 aliphatic rings. The molecule has 0 aliphatic carbocycles. The van der Waals surface area contributed by atoms with Crippen molar-refractivity contribution in [2.24, 2.45) is 0 Å². The summed E-state index contributed by atoms with van der Waals surface area (Å²) in [7, 11) is 0. The van der Waals surface area contributed by atoms with Gasteiger partial charge in [0.1, 0.15) is 0 Å².